The van der Waals surface area contributed by atoms with E-state index < -0.39 is 20.9 Å². The lowest BCUT2D eigenvalue weighted by Crippen LogP contribution is -2.31. The molecule has 0 bridgehead atoms. The molecule has 0 saturated carbocycles. The van der Waals surface area contributed by atoms with Crippen molar-refractivity contribution in [3.05, 3.63) is 102 Å². The van der Waals surface area contributed by atoms with Crippen LogP contribution >= 0.6 is 0 Å². The molecule has 3 rings (SSSR count). The van der Waals surface area contributed by atoms with Crippen molar-refractivity contribution >= 4 is 21.5 Å². The van der Waals surface area contributed by atoms with Crippen molar-refractivity contribution in [2.45, 2.75) is 29.4 Å². The molecule has 166 valence electrons. The van der Waals surface area contributed by atoms with Gasteiger partial charge in [0.1, 0.15) is 11.1 Å². The first-order valence-electron chi connectivity index (χ1n) is 10.3. The molecular formula is C25H24FNO4S. The Morgan fingerprint density at radius 2 is 1.41 bits per heavy atom. The maximum atomic E-state index is 13.3. The molecule has 0 radical (unpaired) electrons. The Morgan fingerprint density at radius 3 is 2.03 bits per heavy atom. The molecule has 7 heteroatoms. The molecule has 1 unspecified atom stereocenters. The van der Waals surface area contributed by atoms with E-state index in [4.69, 9.17) is 0 Å². The van der Waals surface area contributed by atoms with E-state index in [9.17, 15) is 22.4 Å². The molecule has 0 spiro atoms. The Kier molecular flexibility index (Phi) is 7.89. The van der Waals surface area contributed by atoms with E-state index in [1.807, 2.05) is 6.07 Å². The van der Waals surface area contributed by atoms with Crippen LogP contribution in [-0.2, 0) is 14.6 Å². The lowest BCUT2D eigenvalue weighted by Gasteiger charge is -2.19. The predicted molar refractivity (Wildman–Crippen MR) is 120 cm³/mol. The number of ketones is 1. The third-order valence-electron chi connectivity index (χ3n) is 5.08. The standard InChI is InChI=1S/C25H24FNO4S/c26-21-14-16-22(17-15-21)32(30,31)24(20-10-5-2-6-11-20)18-27-25(29)13-7-12-23(28)19-8-3-1-4-9-19/h1-6,8-11,14-17,24H,7,12-13,18H2,(H,27,29). The van der Waals surface area contributed by atoms with E-state index in [1.165, 1.54) is 12.1 Å². The second kappa shape index (κ2) is 10.8. The zero-order chi connectivity index (χ0) is 23.0. The van der Waals surface area contributed by atoms with Gasteiger partial charge in [0.15, 0.2) is 15.6 Å². The third kappa shape index (κ3) is 6.11. The van der Waals surface area contributed by atoms with E-state index >= 15 is 0 Å². The molecule has 0 aromatic heterocycles. The maximum absolute atomic E-state index is 13.3. The van der Waals surface area contributed by atoms with Gasteiger partial charge in [-0.25, -0.2) is 12.8 Å². The number of benzene rings is 3. The first-order valence-corrected chi connectivity index (χ1v) is 11.8. The summed E-state index contributed by atoms with van der Waals surface area (Å²) in [6.07, 6.45) is 0.699. The van der Waals surface area contributed by atoms with Gasteiger partial charge < -0.3 is 5.32 Å². The number of carbonyl (C=O) groups excluding carboxylic acids is 2. The highest BCUT2D eigenvalue weighted by atomic mass is 32.2. The normalized spacial score (nSPS) is 12.2. The monoisotopic (exact) mass is 453 g/mol. The van der Waals surface area contributed by atoms with Gasteiger partial charge in [-0.2, -0.15) is 0 Å². The highest BCUT2D eigenvalue weighted by Crippen LogP contribution is 2.28. The van der Waals surface area contributed by atoms with Gasteiger partial charge in [-0.1, -0.05) is 60.7 Å². The van der Waals surface area contributed by atoms with Gasteiger partial charge >= 0.3 is 0 Å². The van der Waals surface area contributed by atoms with E-state index in [0.717, 1.165) is 12.1 Å². The molecule has 32 heavy (non-hydrogen) atoms. The smallest absolute Gasteiger partial charge is 0.220 e. The lowest BCUT2D eigenvalue weighted by atomic mass is 10.1. The Bertz CT molecular complexity index is 1150. The summed E-state index contributed by atoms with van der Waals surface area (Å²) in [5.74, 6) is -0.904. The van der Waals surface area contributed by atoms with Crippen molar-refractivity contribution in [3.63, 3.8) is 0 Å². The van der Waals surface area contributed by atoms with Crippen LogP contribution in [0.2, 0.25) is 0 Å². The number of rotatable bonds is 10. The van der Waals surface area contributed by atoms with E-state index in [2.05, 4.69) is 5.32 Å². The van der Waals surface area contributed by atoms with Crippen LogP contribution in [0.15, 0.2) is 89.8 Å². The fraction of sp³-hybridized carbons (Fsp3) is 0.200. The van der Waals surface area contributed by atoms with Crippen LogP contribution in [0.4, 0.5) is 4.39 Å². The first kappa shape index (κ1) is 23.3. The quantitative estimate of drug-likeness (QED) is 0.362. The average molecular weight is 454 g/mol. The van der Waals surface area contributed by atoms with E-state index in [0.29, 0.717) is 17.5 Å². The van der Waals surface area contributed by atoms with Crippen LogP contribution in [0.5, 0.6) is 0 Å². The van der Waals surface area contributed by atoms with Crippen molar-refractivity contribution in [2.75, 3.05) is 6.54 Å². The molecule has 3 aromatic carbocycles. The van der Waals surface area contributed by atoms with Gasteiger partial charge in [0.2, 0.25) is 5.91 Å². The van der Waals surface area contributed by atoms with Crippen LogP contribution in [0.3, 0.4) is 0 Å². The van der Waals surface area contributed by atoms with Crippen molar-refractivity contribution in [2.24, 2.45) is 0 Å². The van der Waals surface area contributed by atoms with Gasteiger partial charge in [0, 0.05) is 24.9 Å². The molecule has 0 saturated heterocycles. The molecule has 0 fully saturated rings. The van der Waals surface area contributed by atoms with Gasteiger partial charge in [-0.15, -0.1) is 0 Å². The fourth-order valence-corrected chi connectivity index (χ4v) is 5.00. The number of halogens is 1. The minimum Gasteiger partial charge on any atom is -0.354 e. The number of hydrogen-bond acceptors (Lipinski definition) is 4. The average Bonchev–Trinajstić information content (AvgIpc) is 2.80. The zero-order valence-corrected chi connectivity index (χ0v) is 18.2. The van der Waals surface area contributed by atoms with Crippen LogP contribution in [0.25, 0.3) is 0 Å². The summed E-state index contributed by atoms with van der Waals surface area (Å²) in [5, 5.41) is 1.65. The molecule has 1 atom stereocenters. The van der Waals surface area contributed by atoms with Crippen LogP contribution in [-0.4, -0.2) is 26.7 Å². The Labute approximate surface area is 187 Å². The molecule has 0 aliphatic heterocycles. The van der Waals surface area contributed by atoms with Crippen molar-refractivity contribution in [1.82, 2.24) is 5.32 Å². The van der Waals surface area contributed by atoms with Crippen molar-refractivity contribution < 1.29 is 22.4 Å². The number of hydrogen-bond donors (Lipinski definition) is 1. The largest absolute Gasteiger partial charge is 0.354 e. The minimum absolute atomic E-state index is 0.0181. The molecule has 5 nitrogen and oxygen atoms in total. The Hall–Kier alpha value is -3.32. The van der Waals surface area contributed by atoms with E-state index in [1.54, 1.807) is 54.6 Å². The van der Waals surface area contributed by atoms with E-state index in [-0.39, 0.29) is 36.0 Å². The fourth-order valence-electron chi connectivity index (χ4n) is 3.34. The third-order valence-corrected chi connectivity index (χ3v) is 7.19. The number of amides is 1. The summed E-state index contributed by atoms with van der Waals surface area (Å²) >= 11 is 0. The van der Waals surface area contributed by atoms with Crippen LogP contribution in [0, 0.1) is 5.82 Å². The minimum atomic E-state index is -3.87. The molecule has 0 aliphatic carbocycles. The molecule has 3 aromatic rings. The van der Waals surface area contributed by atoms with Crippen LogP contribution < -0.4 is 5.32 Å². The van der Waals surface area contributed by atoms with Gasteiger partial charge in [-0.3, -0.25) is 9.59 Å². The first-order chi connectivity index (χ1) is 15.4. The summed E-state index contributed by atoms with van der Waals surface area (Å²) < 4.78 is 39.7. The van der Waals surface area contributed by atoms with Crippen molar-refractivity contribution in [3.8, 4) is 0 Å². The summed E-state index contributed by atoms with van der Waals surface area (Å²) in [6, 6.07) is 22.0. The highest BCUT2D eigenvalue weighted by Gasteiger charge is 2.29. The maximum Gasteiger partial charge on any atom is 0.220 e. The molecule has 0 aliphatic rings. The molecule has 0 heterocycles. The Balaban J connectivity index is 1.63. The van der Waals surface area contributed by atoms with Gasteiger partial charge in [0.25, 0.3) is 0 Å². The topological polar surface area (TPSA) is 80.3 Å². The highest BCUT2D eigenvalue weighted by molar-refractivity contribution is 7.91. The molecule has 1 amide bonds. The predicted octanol–water partition coefficient (Wildman–Crippen LogP) is 4.51. The Morgan fingerprint density at radius 1 is 0.812 bits per heavy atom. The zero-order valence-electron chi connectivity index (χ0n) is 17.4. The number of Topliss-reactive ketones (excluding diaryl/α,β-unsaturated/α-hetero) is 1. The van der Waals surface area contributed by atoms with Gasteiger partial charge in [-0.05, 0) is 36.2 Å². The SMILES string of the molecule is O=C(CCCC(=O)c1ccccc1)NCC(c1ccccc1)S(=O)(=O)c1ccc(F)cc1. The lowest BCUT2D eigenvalue weighted by molar-refractivity contribution is -0.121. The molecule has 1 N–H and O–H groups in total. The number of carbonyl (C=O) groups is 2. The second-order valence-electron chi connectivity index (χ2n) is 7.35. The summed E-state index contributed by atoms with van der Waals surface area (Å²) in [4.78, 5) is 24.5. The van der Waals surface area contributed by atoms with Crippen molar-refractivity contribution in [1.29, 1.82) is 0 Å². The second-order valence-corrected chi connectivity index (χ2v) is 9.48. The van der Waals surface area contributed by atoms with Crippen LogP contribution in [0.1, 0.15) is 40.4 Å². The number of sulfone groups is 1. The summed E-state index contributed by atoms with van der Waals surface area (Å²) in [5.41, 5.74) is 1.12. The molecular weight excluding hydrogens is 429 g/mol. The summed E-state index contributed by atoms with van der Waals surface area (Å²) in [7, 11) is -3.87. The van der Waals surface area contributed by atoms with Gasteiger partial charge in [0.05, 0.1) is 4.90 Å². The summed E-state index contributed by atoms with van der Waals surface area (Å²) in [6.45, 7) is -0.130. The number of nitrogens with one attached hydrogen (secondary N) is 1.